The molecular formula is C28H37FN2O3. The number of nitrogens with zero attached hydrogens (tertiary/aromatic N) is 1. The third-order valence-electron chi connectivity index (χ3n) is 7.68. The molecule has 1 aliphatic heterocycles. The van der Waals surface area contributed by atoms with E-state index in [-0.39, 0.29) is 23.1 Å². The quantitative estimate of drug-likeness (QED) is 0.588. The van der Waals surface area contributed by atoms with Crippen LogP contribution in [0.5, 0.6) is 11.5 Å². The molecular weight excluding hydrogens is 431 g/mol. The fraction of sp³-hybridized carbons (Fsp3) is 0.536. The van der Waals surface area contributed by atoms with Crippen LogP contribution < -0.4 is 14.8 Å². The number of piperidine rings is 1. The average molecular weight is 469 g/mol. The van der Waals surface area contributed by atoms with Crippen molar-refractivity contribution >= 4 is 5.91 Å². The zero-order valence-electron chi connectivity index (χ0n) is 20.4. The summed E-state index contributed by atoms with van der Waals surface area (Å²) < 4.78 is 24.2. The lowest BCUT2D eigenvalue weighted by Gasteiger charge is -2.39. The number of methoxy groups -OCH3 is 2. The van der Waals surface area contributed by atoms with Crippen molar-refractivity contribution in [3.8, 4) is 11.5 Å². The van der Waals surface area contributed by atoms with Crippen molar-refractivity contribution in [3.05, 3.63) is 59.4 Å². The lowest BCUT2D eigenvalue weighted by atomic mass is 9.69. The minimum absolute atomic E-state index is 0.0514. The van der Waals surface area contributed by atoms with Gasteiger partial charge in [0.15, 0.2) is 11.5 Å². The number of likely N-dealkylation sites (tertiary alicyclic amines) is 1. The first kappa shape index (κ1) is 24.5. The molecule has 0 atom stereocenters. The first-order chi connectivity index (χ1) is 16.5. The minimum Gasteiger partial charge on any atom is -0.493 e. The third kappa shape index (κ3) is 5.72. The first-order valence-electron chi connectivity index (χ1n) is 12.5. The van der Waals surface area contributed by atoms with Crippen LogP contribution in [0.3, 0.4) is 0 Å². The Labute approximate surface area is 202 Å². The van der Waals surface area contributed by atoms with Gasteiger partial charge in [0.05, 0.1) is 14.2 Å². The van der Waals surface area contributed by atoms with Crippen molar-refractivity contribution in [1.82, 2.24) is 10.2 Å². The van der Waals surface area contributed by atoms with Gasteiger partial charge in [0, 0.05) is 24.4 Å². The molecule has 2 aliphatic rings. The summed E-state index contributed by atoms with van der Waals surface area (Å²) in [5.41, 5.74) is 2.26. The Morgan fingerprint density at radius 1 is 1.00 bits per heavy atom. The van der Waals surface area contributed by atoms with Crippen LogP contribution in [0.1, 0.15) is 56.1 Å². The average Bonchev–Trinajstić information content (AvgIpc) is 2.88. The molecule has 4 rings (SSSR count). The highest BCUT2D eigenvalue weighted by molar-refractivity contribution is 5.78. The number of rotatable bonds is 8. The molecule has 0 aromatic heterocycles. The Hall–Kier alpha value is -2.60. The van der Waals surface area contributed by atoms with Crippen molar-refractivity contribution in [2.75, 3.05) is 33.9 Å². The number of amides is 1. The number of halogens is 1. The number of benzene rings is 2. The molecule has 1 aliphatic carbocycles. The summed E-state index contributed by atoms with van der Waals surface area (Å²) in [7, 11) is 3.29. The van der Waals surface area contributed by atoms with E-state index in [0.717, 1.165) is 75.2 Å². The molecule has 34 heavy (non-hydrogen) atoms. The van der Waals surface area contributed by atoms with Crippen molar-refractivity contribution < 1.29 is 18.7 Å². The van der Waals surface area contributed by atoms with Crippen molar-refractivity contribution in [1.29, 1.82) is 0 Å². The van der Waals surface area contributed by atoms with E-state index in [2.05, 4.69) is 16.3 Å². The molecule has 5 nitrogen and oxygen atoms in total. The van der Waals surface area contributed by atoms with E-state index < -0.39 is 0 Å². The smallest absolute Gasteiger partial charge is 0.223 e. The molecule has 0 unspecified atom stereocenters. The molecule has 0 radical (unpaired) electrons. The lowest BCUT2D eigenvalue weighted by Crippen LogP contribution is -2.46. The molecule has 2 aromatic rings. The Balaban J connectivity index is 1.30. The standard InChI is InChI=1S/C28H37FN2O3/c1-33-25-11-6-21(18-26(25)34-2)19-31-16-12-22(13-17-31)27(32)30-20-28(14-4-3-5-15-28)23-7-9-24(29)10-8-23/h6-11,18,22H,3-5,12-17,19-20H2,1-2H3,(H,30,32). The summed E-state index contributed by atoms with van der Waals surface area (Å²) >= 11 is 0. The lowest BCUT2D eigenvalue weighted by molar-refractivity contribution is -0.126. The van der Waals surface area contributed by atoms with E-state index in [9.17, 15) is 9.18 Å². The van der Waals surface area contributed by atoms with Gasteiger partial charge in [-0.3, -0.25) is 9.69 Å². The van der Waals surface area contributed by atoms with E-state index in [4.69, 9.17) is 9.47 Å². The van der Waals surface area contributed by atoms with Crippen LogP contribution in [0.4, 0.5) is 4.39 Å². The molecule has 2 aromatic carbocycles. The maximum Gasteiger partial charge on any atom is 0.223 e. The molecule has 0 spiro atoms. The summed E-state index contributed by atoms with van der Waals surface area (Å²) in [5.74, 6) is 1.48. The highest BCUT2D eigenvalue weighted by Gasteiger charge is 2.35. The van der Waals surface area contributed by atoms with Gasteiger partial charge in [0.2, 0.25) is 5.91 Å². The molecule has 1 saturated carbocycles. The Morgan fingerprint density at radius 3 is 2.32 bits per heavy atom. The van der Waals surface area contributed by atoms with Crippen LogP contribution in [0, 0.1) is 11.7 Å². The Bertz CT molecular complexity index is 949. The van der Waals surface area contributed by atoms with Crippen molar-refractivity contribution in [3.63, 3.8) is 0 Å². The van der Waals surface area contributed by atoms with Crippen LogP contribution in [0.25, 0.3) is 0 Å². The van der Waals surface area contributed by atoms with Crippen LogP contribution in [-0.2, 0) is 16.8 Å². The fourth-order valence-corrected chi connectivity index (χ4v) is 5.59. The summed E-state index contributed by atoms with van der Waals surface area (Å²) in [6.45, 7) is 3.27. The predicted molar refractivity (Wildman–Crippen MR) is 132 cm³/mol. The van der Waals surface area contributed by atoms with Gasteiger partial charge in [0.1, 0.15) is 5.82 Å². The first-order valence-corrected chi connectivity index (χ1v) is 12.5. The number of carbonyl (C=O) groups excluding carboxylic acids is 1. The predicted octanol–water partition coefficient (Wildman–Crippen LogP) is 5.07. The monoisotopic (exact) mass is 468 g/mol. The molecule has 1 amide bonds. The molecule has 0 bridgehead atoms. The number of ether oxygens (including phenoxy) is 2. The normalized spacial score (nSPS) is 18.9. The Kier molecular flexibility index (Phi) is 8.09. The van der Waals surface area contributed by atoms with Gasteiger partial charge in [-0.05, 0) is 74.2 Å². The van der Waals surface area contributed by atoms with E-state index in [1.54, 1.807) is 26.4 Å². The summed E-state index contributed by atoms with van der Waals surface area (Å²) in [6, 6.07) is 12.9. The van der Waals surface area contributed by atoms with Gasteiger partial charge in [0.25, 0.3) is 0 Å². The van der Waals surface area contributed by atoms with Crippen LogP contribution in [-0.4, -0.2) is 44.7 Å². The zero-order valence-corrected chi connectivity index (χ0v) is 20.4. The molecule has 6 heteroatoms. The third-order valence-corrected chi connectivity index (χ3v) is 7.68. The SMILES string of the molecule is COc1ccc(CN2CCC(C(=O)NCC3(c4ccc(F)cc4)CCCCC3)CC2)cc1OC. The maximum atomic E-state index is 13.5. The maximum absolute atomic E-state index is 13.5. The van der Waals surface area contributed by atoms with Gasteiger partial charge in [-0.2, -0.15) is 0 Å². The van der Waals surface area contributed by atoms with Crippen LogP contribution in [0.2, 0.25) is 0 Å². The van der Waals surface area contributed by atoms with Gasteiger partial charge < -0.3 is 14.8 Å². The number of carbonyl (C=O) groups is 1. The fourth-order valence-electron chi connectivity index (χ4n) is 5.59. The van der Waals surface area contributed by atoms with Crippen LogP contribution >= 0.6 is 0 Å². The number of hydrogen-bond acceptors (Lipinski definition) is 4. The number of nitrogens with one attached hydrogen (secondary N) is 1. The van der Waals surface area contributed by atoms with Gasteiger partial charge in [-0.25, -0.2) is 4.39 Å². The molecule has 1 heterocycles. The molecule has 2 fully saturated rings. The van der Waals surface area contributed by atoms with Crippen LogP contribution in [0.15, 0.2) is 42.5 Å². The highest BCUT2D eigenvalue weighted by atomic mass is 19.1. The topological polar surface area (TPSA) is 50.8 Å². The zero-order chi connectivity index (χ0) is 24.0. The Morgan fingerprint density at radius 2 is 1.68 bits per heavy atom. The van der Waals surface area contributed by atoms with E-state index in [1.807, 2.05) is 24.3 Å². The van der Waals surface area contributed by atoms with Crippen molar-refractivity contribution in [2.45, 2.75) is 56.9 Å². The second kappa shape index (κ2) is 11.2. The van der Waals surface area contributed by atoms with E-state index >= 15 is 0 Å². The minimum atomic E-state index is -0.210. The molecule has 1 saturated heterocycles. The van der Waals surface area contributed by atoms with Crippen molar-refractivity contribution in [2.24, 2.45) is 5.92 Å². The second-order valence-corrected chi connectivity index (χ2v) is 9.81. The highest BCUT2D eigenvalue weighted by Crippen LogP contribution is 2.39. The molecule has 1 N–H and O–H groups in total. The van der Waals surface area contributed by atoms with Gasteiger partial charge >= 0.3 is 0 Å². The summed E-state index contributed by atoms with van der Waals surface area (Å²) in [4.78, 5) is 15.5. The van der Waals surface area contributed by atoms with Gasteiger partial charge in [-0.1, -0.05) is 37.5 Å². The van der Waals surface area contributed by atoms with E-state index in [0.29, 0.717) is 6.54 Å². The summed E-state index contributed by atoms with van der Waals surface area (Å²) in [6.07, 6.45) is 7.36. The summed E-state index contributed by atoms with van der Waals surface area (Å²) in [5, 5.41) is 3.29. The largest absolute Gasteiger partial charge is 0.493 e. The molecule has 184 valence electrons. The van der Waals surface area contributed by atoms with E-state index in [1.165, 1.54) is 12.0 Å². The number of hydrogen-bond donors (Lipinski definition) is 1. The van der Waals surface area contributed by atoms with Gasteiger partial charge in [-0.15, -0.1) is 0 Å². The second-order valence-electron chi connectivity index (χ2n) is 9.81.